The normalized spacial score (nSPS) is 12.0. The van der Waals surface area contributed by atoms with E-state index in [0.717, 1.165) is 4.31 Å². The van der Waals surface area contributed by atoms with Gasteiger partial charge in [0.05, 0.1) is 10.6 Å². The number of sulfonamides is 1. The number of anilines is 1. The lowest BCUT2D eigenvalue weighted by molar-refractivity contribution is -0.140. The molecule has 0 aromatic heterocycles. The monoisotopic (exact) mass is 565 g/mol. The second-order valence-electron chi connectivity index (χ2n) is 8.14. The molecule has 1 atom stereocenters. The standard InChI is InChI=1S/C26H26Cl2FN3O4S/c1-3-24(26(34)30-2)31(16-18-9-11-21(29)12-10-18)25(33)17-32(22-14-19(27)13-20(28)15-22)37(35,36)23-7-5-4-6-8-23/h4-15,24H,3,16-17H2,1-2H3,(H,30,34)/t24-/m0/s1. The van der Waals surface area contributed by atoms with Gasteiger partial charge in [-0.3, -0.25) is 13.9 Å². The summed E-state index contributed by atoms with van der Waals surface area (Å²) in [7, 11) is -2.78. The van der Waals surface area contributed by atoms with Crippen LogP contribution in [-0.4, -0.2) is 44.8 Å². The number of benzene rings is 3. The zero-order valence-corrected chi connectivity index (χ0v) is 22.5. The van der Waals surface area contributed by atoms with Crippen LogP contribution in [0.15, 0.2) is 77.7 Å². The molecule has 0 radical (unpaired) electrons. The highest BCUT2D eigenvalue weighted by Gasteiger charge is 2.33. The van der Waals surface area contributed by atoms with Gasteiger partial charge < -0.3 is 10.2 Å². The molecule has 0 saturated heterocycles. The van der Waals surface area contributed by atoms with Crippen molar-refractivity contribution in [2.24, 2.45) is 0 Å². The second kappa shape index (κ2) is 12.4. The van der Waals surface area contributed by atoms with E-state index in [2.05, 4.69) is 5.32 Å². The molecule has 0 unspecified atom stereocenters. The number of nitrogens with zero attached hydrogens (tertiary/aromatic N) is 2. The number of carbonyl (C=O) groups excluding carboxylic acids is 2. The van der Waals surface area contributed by atoms with Crippen molar-refractivity contribution in [2.45, 2.75) is 30.8 Å². The predicted octanol–water partition coefficient (Wildman–Crippen LogP) is 4.88. The van der Waals surface area contributed by atoms with Gasteiger partial charge in [0.1, 0.15) is 18.4 Å². The van der Waals surface area contributed by atoms with Crippen LogP contribution in [-0.2, 0) is 26.2 Å². The van der Waals surface area contributed by atoms with Crippen molar-refractivity contribution in [3.63, 3.8) is 0 Å². The number of hydrogen-bond donors (Lipinski definition) is 1. The minimum Gasteiger partial charge on any atom is -0.357 e. The number of nitrogens with one attached hydrogen (secondary N) is 1. The molecule has 0 aliphatic heterocycles. The zero-order chi connectivity index (χ0) is 27.2. The Hall–Kier alpha value is -3.14. The molecular weight excluding hydrogens is 540 g/mol. The maximum atomic E-state index is 13.8. The summed E-state index contributed by atoms with van der Waals surface area (Å²) in [5, 5.41) is 2.91. The van der Waals surface area contributed by atoms with Crippen molar-refractivity contribution in [2.75, 3.05) is 17.9 Å². The fourth-order valence-electron chi connectivity index (χ4n) is 3.80. The Labute approximate surface area is 225 Å². The van der Waals surface area contributed by atoms with E-state index in [1.54, 1.807) is 25.1 Å². The summed E-state index contributed by atoms with van der Waals surface area (Å²) in [5.41, 5.74) is 0.657. The third kappa shape index (κ3) is 7.00. The van der Waals surface area contributed by atoms with Crippen molar-refractivity contribution in [3.8, 4) is 0 Å². The summed E-state index contributed by atoms with van der Waals surface area (Å²) >= 11 is 12.3. The number of hydrogen-bond acceptors (Lipinski definition) is 4. The minimum atomic E-state index is -4.23. The van der Waals surface area contributed by atoms with Crippen molar-refractivity contribution in [3.05, 3.63) is 94.2 Å². The van der Waals surface area contributed by atoms with Crippen LogP contribution in [0.2, 0.25) is 10.0 Å². The van der Waals surface area contributed by atoms with Gasteiger partial charge in [-0.15, -0.1) is 0 Å². The second-order valence-corrected chi connectivity index (χ2v) is 10.9. The van der Waals surface area contributed by atoms with Gasteiger partial charge in [0, 0.05) is 23.6 Å². The fraction of sp³-hybridized carbons (Fsp3) is 0.231. The molecule has 3 aromatic carbocycles. The van der Waals surface area contributed by atoms with Gasteiger partial charge in [-0.05, 0) is 54.4 Å². The van der Waals surface area contributed by atoms with E-state index in [1.807, 2.05) is 0 Å². The Bertz CT molecular complexity index is 1340. The smallest absolute Gasteiger partial charge is 0.264 e. The van der Waals surface area contributed by atoms with Gasteiger partial charge in [0.2, 0.25) is 11.8 Å². The summed E-state index contributed by atoms with van der Waals surface area (Å²) in [6.07, 6.45) is 0.265. The van der Waals surface area contributed by atoms with Gasteiger partial charge in [-0.1, -0.05) is 60.5 Å². The van der Waals surface area contributed by atoms with Crippen LogP contribution in [0.25, 0.3) is 0 Å². The SMILES string of the molecule is CC[C@@H](C(=O)NC)N(Cc1ccc(F)cc1)C(=O)CN(c1cc(Cl)cc(Cl)c1)S(=O)(=O)c1ccccc1. The Morgan fingerprint density at radius 3 is 2.11 bits per heavy atom. The van der Waals surface area contributed by atoms with Gasteiger partial charge in [0.15, 0.2) is 0 Å². The third-order valence-corrected chi connectivity index (χ3v) is 7.87. The van der Waals surface area contributed by atoms with E-state index in [1.165, 1.54) is 66.5 Å². The number of amides is 2. The largest absolute Gasteiger partial charge is 0.357 e. The molecular formula is C26H26Cl2FN3O4S. The first-order valence-electron chi connectivity index (χ1n) is 11.4. The lowest BCUT2D eigenvalue weighted by atomic mass is 10.1. The zero-order valence-electron chi connectivity index (χ0n) is 20.2. The van der Waals surface area contributed by atoms with Crippen molar-refractivity contribution < 1.29 is 22.4 Å². The molecule has 0 fully saturated rings. The summed E-state index contributed by atoms with van der Waals surface area (Å²) < 4.78 is 41.8. The maximum absolute atomic E-state index is 13.8. The van der Waals surface area contributed by atoms with E-state index in [4.69, 9.17) is 23.2 Å². The highest BCUT2D eigenvalue weighted by molar-refractivity contribution is 7.92. The summed E-state index contributed by atoms with van der Waals surface area (Å²) in [6, 6.07) is 16.5. The maximum Gasteiger partial charge on any atom is 0.264 e. The topological polar surface area (TPSA) is 86.8 Å². The van der Waals surface area contributed by atoms with Crippen LogP contribution in [0.1, 0.15) is 18.9 Å². The molecule has 0 spiro atoms. The van der Waals surface area contributed by atoms with Gasteiger partial charge >= 0.3 is 0 Å². The molecule has 0 aliphatic rings. The quantitative estimate of drug-likeness (QED) is 0.379. The van der Waals surface area contributed by atoms with Crippen LogP contribution in [0, 0.1) is 5.82 Å². The minimum absolute atomic E-state index is 0.0395. The first kappa shape index (κ1) is 28.4. The summed E-state index contributed by atoms with van der Waals surface area (Å²) in [5.74, 6) is -1.51. The average Bonchev–Trinajstić information content (AvgIpc) is 2.87. The number of halogens is 3. The Balaban J connectivity index is 2.07. The van der Waals surface area contributed by atoms with Crippen molar-refractivity contribution in [1.82, 2.24) is 10.2 Å². The van der Waals surface area contributed by atoms with Crippen LogP contribution in [0.4, 0.5) is 10.1 Å². The molecule has 3 aromatic rings. The molecule has 0 saturated carbocycles. The number of likely N-dealkylation sites (N-methyl/N-ethyl adjacent to an activating group) is 1. The molecule has 2 amide bonds. The molecule has 0 aliphatic carbocycles. The van der Waals surface area contributed by atoms with Crippen LogP contribution in [0.3, 0.4) is 0 Å². The Morgan fingerprint density at radius 1 is 0.973 bits per heavy atom. The highest BCUT2D eigenvalue weighted by atomic mass is 35.5. The van der Waals surface area contributed by atoms with Gasteiger partial charge in [-0.25, -0.2) is 12.8 Å². The average molecular weight is 566 g/mol. The molecule has 3 rings (SSSR count). The fourth-order valence-corrected chi connectivity index (χ4v) is 5.74. The van der Waals surface area contributed by atoms with Crippen molar-refractivity contribution in [1.29, 1.82) is 0 Å². The van der Waals surface area contributed by atoms with Crippen molar-refractivity contribution >= 4 is 50.7 Å². The van der Waals surface area contributed by atoms with Crippen LogP contribution >= 0.6 is 23.2 Å². The lowest BCUT2D eigenvalue weighted by Gasteiger charge is -2.33. The first-order valence-corrected chi connectivity index (χ1v) is 13.6. The third-order valence-electron chi connectivity index (χ3n) is 5.64. The van der Waals surface area contributed by atoms with E-state index < -0.39 is 40.2 Å². The molecule has 0 bridgehead atoms. The number of carbonyl (C=O) groups is 2. The van der Waals surface area contributed by atoms with Gasteiger partial charge in [0.25, 0.3) is 10.0 Å². The lowest BCUT2D eigenvalue weighted by Crippen LogP contribution is -2.51. The van der Waals surface area contributed by atoms with E-state index >= 15 is 0 Å². The summed E-state index contributed by atoms with van der Waals surface area (Å²) in [4.78, 5) is 27.7. The molecule has 37 heavy (non-hydrogen) atoms. The first-order chi connectivity index (χ1) is 17.6. The van der Waals surface area contributed by atoms with E-state index in [0.29, 0.717) is 5.56 Å². The Kier molecular flexibility index (Phi) is 9.53. The van der Waals surface area contributed by atoms with Crippen LogP contribution < -0.4 is 9.62 Å². The molecule has 1 N–H and O–H groups in total. The Morgan fingerprint density at radius 2 is 1.57 bits per heavy atom. The number of rotatable bonds is 10. The van der Waals surface area contributed by atoms with Crippen LogP contribution in [0.5, 0.6) is 0 Å². The predicted molar refractivity (Wildman–Crippen MR) is 143 cm³/mol. The molecule has 196 valence electrons. The van der Waals surface area contributed by atoms with Gasteiger partial charge in [-0.2, -0.15) is 0 Å². The highest BCUT2D eigenvalue weighted by Crippen LogP contribution is 2.30. The summed E-state index contributed by atoms with van der Waals surface area (Å²) in [6.45, 7) is 1.06. The molecule has 11 heteroatoms. The van der Waals surface area contributed by atoms with E-state index in [-0.39, 0.29) is 33.6 Å². The molecule has 7 nitrogen and oxygen atoms in total. The van der Waals surface area contributed by atoms with E-state index in [9.17, 15) is 22.4 Å². The molecule has 0 heterocycles.